The van der Waals surface area contributed by atoms with Crippen LogP contribution in [-0.2, 0) is 19.6 Å². The molecule has 7 heteroatoms. The number of quaternary nitrogens is 1. The molecule has 0 unspecified atom stereocenters. The Labute approximate surface area is 192 Å². The quantitative estimate of drug-likeness (QED) is 0.0954. The van der Waals surface area contributed by atoms with Crippen molar-refractivity contribution in [2.24, 2.45) is 0 Å². The molecule has 0 aliphatic rings. The molecule has 31 heavy (non-hydrogen) atoms. The van der Waals surface area contributed by atoms with Crippen molar-refractivity contribution in [2.45, 2.75) is 110 Å². The molecule has 0 radical (unpaired) electrons. The van der Waals surface area contributed by atoms with Gasteiger partial charge in [0, 0.05) is 19.3 Å². The van der Waals surface area contributed by atoms with E-state index in [1.807, 2.05) is 14.1 Å². The first kappa shape index (κ1) is 30.3. The zero-order chi connectivity index (χ0) is 23.4. The highest BCUT2D eigenvalue weighted by atomic mass is 32.2. The molecule has 0 spiro atoms. The first-order valence-electron chi connectivity index (χ1n) is 12.6. The molecule has 0 rings (SSSR count). The molecule has 6 nitrogen and oxygen atoms in total. The number of ether oxygens (including phenoxy) is 1. The van der Waals surface area contributed by atoms with Crippen molar-refractivity contribution in [2.75, 3.05) is 39.5 Å². The Morgan fingerprint density at radius 3 is 1.68 bits per heavy atom. The fraction of sp³-hybridized carbons (Fsp3) is 0.958. The van der Waals surface area contributed by atoms with E-state index in [0.717, 1.165) is 25.8 Å². The van der Waals surface area contributed by atoms with Gasteiger partial charge in [0.05, 0.1) is 39.5 Å². The van der Waals surface area contributed by atoms with Crippen LogP contribution in [0.2, 0.25) is 0 Å². The van der Waals surface area contributed by atoms with Crippen molar-refractivity contribution in [3.05, 3.63) is 0 Å². The third kappa shape index (κ3) is 23.8. The summed E-state index contributed by atoms with van der Waals surface area (Å²) in [6, 6.07) is 0. The van der Waals surface area contributed by atoms with Crippen LogP contribution >= 0.6 is 0 Å². The van der Waals surface area contributed by atoms with Crippen LogP contribution < -0.4 is 0 Å². The SMILES string of the molecule is CCCCCCCCCCCCCCCC(=O)OCCC[N+](C)(C)CCCS(=O)(=O)O. The summed E-state index contributed by atoms with van der Waals surface area (Å²) < 4.78 is 36.3. The summed E-state index contributed by atoms with van der Waals surface area (Å²) in [5.41, 5.74) is 0. The number of esters is 1. The first-order valence-corrected chi connectivity index (χ1v) is 14.2. The fourth-order valence-electron chi connectivity index (χ4n) is 3.82. The average molecular weight is 465 g/mol. The molecular weight excluding hydrogens is 414 g/mol. The first-order chi connectivity index (χ1) is 14.7. The van der Waals surface area contributed by atoms with Crippen molar-refractivity contribution in [1.82, 2.24) is 0 Å². The maximum absolute atomic E-state index is 11.8. The van der Waals surface area contributed by atoms with Gasteiger partial charge in [-0.25, -0.2) is 0 Å². The van der Waals surface area contributed by atoms with Gasteiger partial charge >= 0.3 is 5.97 Å². The lowest BCUT2D eigenvalue weighted by molar-refractivity contribution is -0.890. The van der Waals surface area contributed by atoms with Crippen LogP contribution in [0.15, 0.2) is 0 Å². The predicted octanol–water partition coefficient (Wildman–Crippen LogP) is 5.76. The van der Waals surface area contributed by atoms with Gasteiger partial charge in [-0.3, -0.25) is 9.35 Å². The number of hydrogen-bond acceptors (Lipinski definition) is 4. The molecule has 0 saturated heterocycles. The van der Waals surface area contributed by atoms with Crippen LogP contribution in [0.1, 0.15) is 110 Å². The number of carbonyl (C=O) groups is 1. The smallest absolute Gasteiger partial charge is 0.305 e. The molecule has 0 aromatic carbocycles. The van der Waals surface area contributed by atoms with E-state index in [1.165, 1.54) is 70.6 Å². The second kappa shape index (κ2) is 18.9. The largest absolute Gasteiger partial charge is 0.465 e. The van der Waals surface area contributed by atoms with E-state index in [1.54, 1.807) is 0 Å². The minimum absolute atomic E-state index is 0.111. The van der Waals surface area contributed by atoms with Crippen molar-refractivity contribution in [3.8, 4) is 0 Å². The standard InChI is InChI=1S/C24H49NO5S/c1-4-5-6-7-8-9-10-11-12-13-14-15-16-19-24(26)30-22-17-20-25(2,3)21-18-23-31(27,28)29/h4-23H2,1-3H3/p+1. The summed E-state index contributed by atoms with van der Waals surface area (Å²) in [6.07, 6.45) is 18.5. The Balaban J connectivity index is 3.45. The monoisotopic (exact) mass is 464 g/mol. The molecular formula is C24H50NO5S+. The number of nitrogens with zero attached hydrogens (tertiary/aromatic N) is 1. The second-order valence-corrected chi connectivity index (χ2v) is 11.2. The summed E-state index contributed by atoms with van der Waals surface area (Å²) in [7, 11) is 0.140. The van der Waals surface area contributed by atoms with Crippen LogP contribution in [-0.4, -0.2) is 63.0 Å². The van der Waals surface area contributed by atoms with Crippen molar-refractivity contribution < 1.29 is 27.0 Å². The van der Waals surface area contributed by atoms with Gasteiger partial charge in [0.25, 0.3) is 10.1 Å². The van der Waals surface area contributed by atoms with Crippen LogP contribution in [0.3, 0.4) is 0 Å². The highest BCUT2D eigenvalue weighted by molar-refractivity contribution is 7.85. The van der Waals surface area contributed by atoms with Gasteiger partial charge in [0.1, 0.15) is 0 Å². The van der Waals surface area contributed by atoms with Crippen molar-refractivity contribution in [3.63, 3.8) is 0 Å². The van der Waals surface area contributed by atoms with Gasteiger partial charge < -0.3 is 9.22 Å². The van der Waals surface area contributed by atoms with Crippen molar-refractivity contribution >= 4 is 16.1 Å². The molecule has 0 aliphatic carbocycles. The Bertz CT molecular complexity index is 534. The molecule has 0 bridgehead atoms. The third-order valence-corrected chi connectivity index (χ3v) is 6.63. The predicted molar refractivity (Wildman–Crippen MR) is 129 cm³/mol. The molecule has 0 saturated carbocycles. The van der Waals surface area contributed by atoms with E-state index < -0.39 is 10.1 Å². The van der Waals surface area contributed by atoms with Crippen molar-refractivity contribution in [1.29, 1.82) is 0 Å². The van der Waals surface area contributed by atoms with Crippen LogP contribution in [0, 0.1) is 0 Å². The minimum atomic E-state index is -3.89. The number of unbranched alkanes of at least 4 members (excludes halogenated alkanes) is 12. The lowest BCUT2D eigenvalue weighted by Crippen LogP contribution is -2.42. The number of rotatable bonds is 22. The third-order valence-electron chi connectivity index (χ3n) is 5.82. The summed E-state index contributed by atoms with van der Waals surface area (Å²) in [5.74, 6) is -0.317. The van der Waals surface area contributed by atoms with Gasteiger partial charge in [-0.15, -0.1) is 0 Å². The number of carbonyl (C=O) groups excluding carboxylic acids is 1. The Hall–Kier alpha value is -0.660. The molecule has 0 amide bonds. The summed E-state index contributed by atoms with van der Waals surface area (Å²) in [6.45, 7) is 4.13. The van der Waals surface area contributed by atoms with E-state index in [4.69, 9.17) is 9.29 Å². The molecule has 0 aromatic rings. The topological polar surface area (TPSA) is 80.7 Å². The van der Waals surface area contributed by atoms with Crippen LogP contribution in [0.4, 0.5) is 0 Å². The van der Waals surface area contributed by atoms with Gasteiger partial charge in [0.2, 0.25) is 0 Å². The van der Waals surface area contributed by atoms with Gasteiger partial charge in [-0.2, -0.15) is 8.42 Å². The van der Waals surface area contributed by atoms with E-state index in [2.05, 4.69) is 6.92 Å². The molecule has 0 aliphatic heterocycles. The van der Waals surface area contributed by atoms with E-state index in [0.29, 0.717) is 30.5 Å². The molecule has 186 valence electrons. The molecule has 0 atom stereocenters. The minimum Gasteiger partial charge on any atom is -0.465 e. The average Bonchev–Trinajstić information content (AvgIpc) is 2.67. The van der Waals surface area contributed by atoms with E-state index in [-0.39, 0.29) is 11.7 Å². The van der Waals surface area contributed by atoms with Gasteiger partial charge in [-0.1, -0.05) is 84.0 Å². The summed E-state index contributed by atoms with van der Waals surface area (Å²) in [5, 5.41) is 0. The Kier molecular flexibility index (Phi) is 18.5. The maximum atomic E-state index is 11.8. The molecule has 0 aromatic heterocycles. The highest BCUT2D eigenvalue weighted by Crippen LogP contribution is 2.13. The van der Waals surface area contributed by atoms with E-state index in [9.17, 15) is 13.2 Å². The molecule has 0 heterocycles. The lowest BCUT2D eigenvalue weighted by atomic mass is 10.0. The summed E-state index contributed by atoms with van der Waals surface area (Å²) in [4.78, 5) is 11.8. The summed E-state index contributed by atoms with van der Waals surface area (Å²) >= 11 is 0. The Morgan fingerprint density at radius 1 is 0.742 bits per heavy atom. The van der Waals surface area contributed by atoms with E-state index >= 15 is 0 Å². The fourth-order valence-corrected chi connectivity index (χ4v) is 4.32. The normalized spacial score (nSPS) is 12.3. The Morgan fingerprint density at radius 2 is 1.19 bits per heavy atom. The van der Waals surface area contributed by atoms with Crippen LogP contribution in [0.25, 0.3) is 0 Å². The number of hydrogen-bond donors (Lipinski definition) is 1. The zero-order valence-corrected chi connectivity index (χ0v) is 21.4. The van der Waals surface area contributed by atoms with Gasteiger partial charge in [-0.05, 0) is 6.42 Å². The van der Waals surface area contributed by atoms with Crippen LogP contribution in [0.5, 0.6) is 0 Å². The van der Waals surface area contributed by atoms with Gasteiger partial charge in [0.15, 0.2) is 0 Å². The molecule has 0 fully saturated rings. The lowest BCUT2D eigenvalue weighted by Gasteiger charge is -2.29. The zero-order valence-electron chi connectivity index (χ0n) is 20.6. The second-order valence-electron chi connectivity index (χ2n) is 9.59. The molecule has 1 N–H and O–H groups in total. The maximum Gasteiger partial charge on any atom is 0.305 e. The highest BCUT2D eigenvalue weighted by Gasteiger charge is 2.16.